The van der Waals surface area contributed by atoms with Crippen molar-refractivity contribution in [3.05, 3.63) is 55.2 Å². The predicted octanol–water partition coefficient (Wildman–Crippen LogP) is 0.0817. The molecule has 0 saturated heterocycles. The van der Waals surface area contributed by atoms with E-state index in [0.29, 0.717) is 0 Å². The number of hydrogen-bond acceptors (Lipinski definition) is 2. The van der Waals surface area contributed by atoms with E-state index in [0.717, 1.165) is 27.5 Å². The fourth-order valence-corrected chi connectivity index (χ4v) is 1.76. The summed E-state index contributed by atoms with van der Waals surface area (Å²) in [6.07, 6.45) is 1.79. The number of fused-ring (bicyclic) bond motifs is 3. The van der Waals surface area contributed by atoms with Crippen molar-refractivity contribution in [2.45, 2.75) is 0 Å². The Labute approximate surface area is 138 Å². The standard InChI is InChI=1S/C13H9N2.K.H/c1-9-4-5-11-7-6-10-3-2-8-14-12(10)13(11)15-9;;/h2-8H,1H2;;/q-1;+1;-1. The summed E-state index contributed by atoms with van der Waals surface area (Å²) in [6.45, 7) is 3.84. The second-order valence-corrected chi connectivity index (χ2v) is 3.51. The minimum Gasteiger partial charge on any atom is -1.00 e. The van der Waals surface area contributed by atoms with E-state index in [2.05, 4.69) is 29.0 Å². The fraction of sp³-hybridized carbons (Fsp3) is 0. The van der Waals surface area contributed by atoms with Crippen LogP contribution in [0.15, 0.2) is 42.6 Å². The van der Waals surface area contributed by atoms with Crippen LogP contribution in [0.3, 0.4) is 0 Å². The van der Waals surface area contributed by atoms with Crippen molar-refractivity contribution in [1.29, 1.82) is 0 Å². The van der Waals surface area contributed by atoms with E-state index in [1.54, 1.807) is 6.20 Å². The molecule has 0 spiro atoms. The molecule has 16 heavy (non-hydrogen) atoms. The molecule has 0 aliphatic carbocycles. The Morgan fingerprint density at radius 1 is 0.938 bits per heavy atom. The zero-order chi connectivity index (χ0) is 10.3. The number of pyridine rings is 2. The molecular weight excluding hydrogens is 223 g/mol. The molecule has 0 aliphatic heterocycles. The van der Waals surface area contributed by atoms with Crippen molar-refractivity contribution in [3.63, 3.8) is 0 Å². The van der Waals surface area contributed by atoms with Gasteiger partial charge >= 0.3 is 51.4 Å². The van der Waals surface area contributed by atoms with Gasteiger partial charge in [-0.3, -0.25) is 9.97 Å². The first-order chi connectivity index (χ1) is 7.34. The fourth-order valence-electron chi connectivity index (χ4n) is 1.76. The third-order valence-corrected chi connectivity index (χ3v) is 2.49. The van der Waals surface area contributed by atoms with Crippen LogP contribution in [0.5, 0.6) is 0 Å². The number of nitrogens with zero attached hydrogens (tertiary/aromatic N) is 2. The zero-order valence-electron chi connectivity index (χ0n) is 10.1. The van der Waals surface area contributed by atoms with Crippen molar-refractivity contribution in [1.82, 2.24) is 9.97 Å². The summed E-state index contributed by atoms with van der Waals surface area (Å²) >= 11 is 0. The largest absolute Gasteiger partial charge is 1.00 e. The second kappa shape index (κ2) is 4.81. The molecule has 3 aromatic rings. The van der Waals surface area contributed by atoms with Crippen LogP contribution in [0.25, 0.3) is 21.8 Å². The molecule has 74 valence electrons. The Balaban J connectivity index is 0.000000722. The van der Waals surface area contributed by atoms with Crippen LogP contribution < -0.4 is 51.4 Å². The molecule has 2 heterocycles. The van der Waals surface area contributed by atoms with Crippen LogP contribution in [-0.2, 0) is 0 Å². The molecule has 0 saturated carbocycles. The normalized spacial score (nSPS) is 10.2. The Kier molecular flexibility index (Phi) is 3.62. The van der Waals surface area contributed by atoms with Crippen molar-refractivity contribution < 1.29 is 52.8 Å². The monoisotopic (exact) mass is 233 g/mol. The molecule has 0 bridgehead atoms. The average molecular weight is 233 g/mol. The summed E-state index contributed by atoms with van der Waals surface area (Å²) in [4.78, 5) is 8.79. The van der Waals surface area contributed by atoms with Crippen molar-refractivity contribution in [2.75, 3.05) is 0 Å². The molecule has 0 amide bonds. The molecule has 0 unspecified atom stereocenters. The quantitative estimate of drug-likeness (QED) is 0.312. The maximum Gasteiger partial charge on any atom is 1.00 e. The Morgan fingerprint density at radius 3 is 2.44 bits per heavy atom. The van der Waals surface area contributed by atoms with Crippen LogP contribution >= 0.6 is 0 Å². The van der Waals surface area contributed by atoms with E-state index in [1.165, 1.54) is 0 Å². The summed E-state index contributed by atoms with van der Waals surface area (Å²) in [5, 5.41) is 2.22. The van der Waals surface area contributed by atoms with Crippen LogP contribution in [0.2, 0.25) is 0 Å². The van der Waals surface area contributed by atoms with Gasteiger partial charge in [0, 0.05) is 11.6 Å². The van der Waals surface area contributed by atoms with Gasteiger partial charge in [-0.05, 0) is 11.5 Å². The molecule has 3 rings (SSSR count). The van der Waals surface area contributed by atoms with Crippen LogP contribution in [0.1, 0.15) is 7.12 Å². The maximum absolute atomic E-state index is 4.43. The summed E-state index contributed by atoms with van der Waals surface area (Å²) in [5.74, 6) is 0. The smallest absolute Gasteiger partial charge is 1.00 e. The first-order valence-corrected chi connectivity index (χ1v) is 4.81. The number of rotatable bonds is 0. The van der Waals surface area contributed by atoms with Crippen LogP contribution in [0, 0.1) is 6.92 Å². The average Bonchev–Trinajstić information content (AvgIpc) is 2.29. The first kappa shape index (κ1) is 12.0. The molecule has 0 fully saturated rings. The molecule has 2 nitrogen and oxygen atoms in total. The Bertz CT molecular complexity index is 655. The number of hydrogen-bond donors (Lipinski definition) is 0. The zero-order valence-corrected chi connectivity index (χ0v) is 12.3. The summed E-state index contributed by atoms with van der Waals surface area (Å²) in [6, 6.07) is 12.0. The molecule has 0 aliphatic rings. The van der Waals surface area contributed by atoms with E-state index in [1.807, 2.05) is 24.3 Å². The Morgan fingerprint density at radius 2 is 1.62 bits per heavy atom. The van der Waals surface area contributed by atoms with E-state index in [4.69, 9.17) is 0 Å². The van der Waals surface area contributed by atoms with Gasteiger partial charge in [0.25, 0.3) is 0 Å². The van der Waals surface area contributed by atoms with Crippen molar-refractivity contribution in [2.24, 2.45) is 0 Å². The maximum atomic E-state index is 4.43. The predicted molar refractivity (Wildman–Crippen MR) is 62.6 cm³/mol. The third-order valence-electron chi connectivity index (χ3n) is 2.49. The van der Waals surface area contributed by atoms with Gasteiger partial charge in [-0.1, -0.05) is 18.2 Å². The molecule has 0 N–H and O–H groups in total. The van der Waals surface area contributed by atoms with E-state index >= 15 is 0 Å². The SMILES string of the molecule is [CH2-]c1ccc2ccc3cccnc3c2n1.[H-].[K+]. The second-order valence-electron chi connectivity index (χ2n) is 3.51. The van der Waals surface area contributed by atoms with Gasteiger partial charge in [0.05, 0.1) is 11.0 Å². The van der Waals surface area contributed by atoms with Crippen LogP contribution in [0.4, 0.5) is 0 Å². The van der Waals surface area contributed by atoms with E-state index in [9.17, 15) is 0 Å². The van der Waals surface area contributed by atoms with Gasteiger partial charge in [0.1, 0.15) is 0 Å². The summed E-state index contributed by atoms with van der Waals surface area (Å²) in [7, 11) is 0. The summed E-state index contributed by atoms with van der Waals surface area (Å²) < 4.78 is 0. The van der Waals surface area contributed by atoms with Gasteiger partial charge in [-0.2, -0.15) is 6.07 Å². The minimum atomic E-state index is 0. The minimum absolute atomic E-state index is 0. The van der Waals surface area contributed by atoms with Gasteiger partial charge in [0.2, 0.25) is 0 Å². The molecule has 1 aromatic carbocycles. The first-order valence-electron chi connectivity index (χ1n) is 4.81. The molecule has 0 atom stereocenters. The third kappa shape index (κ3) is 2.01. The number of aromatic nitrogens is 2. The van der Waals surface area contributed by atoms with Gasteiger partial charge in [-0.15, -0.1) is 11.8 Å². The number of benzene rings is 1. The topological polar surface area (TPSA) is 25.8 Å². The van der Waals surface area contributed by atoms with Crippen molar-refractivity contribution >= 4 is 21.8 Å². The molecule has 3 heteroatoms. The van der Waals surface area contributed by atoms with Crippen LogP contribution in [-0.4, -0.2) is 9.97 Å². The molecule has 0 radical (unpaired) electrons. The summed E-state index contributed by atoms with van der Waals surface area (Å²) in [5.41, 5.74) is 2.65. The molecule has 2 aromatic heterocycles. The van der Waals surface area contributed by atoms with Gasteiger partial charge in [-0.25, -0.2) is 6.92 Å². The van der Waals surface area contributed by atoms with Gasteiger partial charge in [0.15, 0.2) is 0 Å². The van der Waals surface area contributed by atoms with Crippen molar-refractivity contribution in [3.8, 4) is 0 Å². The van der Waals surface area contributed by atoms with E-state index in [-0.39, 0.29) is 52.8 Å². The van der Waals surface area contributed by atoms with Gasteiger partial charge < -0.3 is 1.43 Å². The molecular formula is C13H10KN2-. The van der Waals surface area contributed by atoms with E-state index < -0.39 is 0 Å². The Hall–Kier alpha value is -0.454.